The van der Waals surface area contributed by atoms with Crippen molar-refractivity contribution in [2.75, 3.05) is 0 Å². The van der Waals surface area contributed by atoms with Crippen molar-refractivity contribution in [1.29, 1.82) is 0 Å². The van der Waals surface area contributed by atoms with Crippen LogP contribution in [-0.2, 0) is 0 Å². The molecule has 1 aliphatic carbocycles. The van der Waals surface area contributed by atoms with Crippen LogP contribution in [0.25, 0.3) is 11.1 Å². The zero-order valence-electron chi connectivity index (χ0n) is 8.21. The summed E-state index contributed by atoms with van der Waals surface area (Å²) in [6.07, 6.45) is 2.09. The summed E-state index contributed by atoms with van der Waals surface area (Å²) < 4.78 is 5.41. The van der Waals surface area contributed by atoms with Crippen molar-refractivity contribution in [3.8, 4) is 5.75 Å². The number of rotatable bonds is 2. The van der Waals surface area contributed by atoms with Crippen LogP contribution >= 0.6 is 0 Å². The zero-order chi connectivity index (χ0) is 11.3. The van der Waals surface area contributed by atoms with Gasteiger partial charge in [-0.05, 0) is 12.8 Å². The summed E-state index contributed by atoms with van der Waals surface area (Å²) in [7, 11) is 0. The van der Waals surface area contributed by atoms with Crippen LogP contribution in [0.2, 0.25) is 0 Å². The minimum Gasteiger partial charge on any atom is -0.502 e. The summed E-state index contributed by atoms with van der Waals surface area (Å²) in [5.74, 6) is 0.555. The lowest BCUT2D eigenvalue weighted by Gasteiger charge is -1.93. The first-order valence-corrected chi connectivity index (χ1v) is 4.93. The number of benzene rings is 1. The molecule has 0 unspecified atom stereocenters. The molecule has 1 heterocycles. The molecule has 0 aliphatic heterocycles. The number of nitro groups is 1. The highest BCUT2D eigenvalue weighted by molar-refractivity contribution is 5.79. The number of nitro benzene ring substituents is 1. The summed E-state index contributed by atoms with van der Waals surface area (Å²) in [6, 6.07) is 2.48. The van der Waals surface area contributed by atoms with Crippen LogP contribution in [0.5, 0.6) is 5.75 Å². The molecule has 1 N–H and O–H groups in total. The Kier molecular flexibility index (Phi) is 1.68. The van der Waals surface area contributed by atoms with E-state index in [0.29, 0.717) is 22.9 Å². The molecular formula is C10H8N2O4. The molecule has 1 aliphatic rings. The molecule has 6 heteroatoms. The van der Waals surface area contributed by atoms with Gasteiger partial charge in [0.15, 0.2) is 17.2 Å². The molecule has 16 heavy (non-hydrogen) atoms. The number of phenolic OH excluding ortho intramolecular Hbond substituents is 1. The van der Waals surface area contributed by atoms with Crippen LogP contribution < -0.4 is 0 Å². The largest absolute Gasteiger partial charge is 0.502 e. The molecule has 2 aromatic rings. The van der Waals surface area contributed by atoms with Gasteiger partial charge < -0.3 is 9.52 Å². The monoisotopic (exact) mass is 220 g/mol. The van der Waals surface area contributed by atoms with Crippen LogP contribution in [0.1, 0.15) is 24.7 Å². The predicted molar refractivity (Wildman–Crippen MR) is 54.3 cm³/mol. The molecule has 3 rings (SSSR count). The molecule has 1 fully saturated rings. The maximum atomic E-state index is 10.6. The Bertz CT molecular complexity index is 586. The summed E-state index contributed by atoms with van der Waals surface area (Å²) >= 11 is 0. The Morgan fingerprint density at radius 1 is 1.50 bits per heavy atom. The molecule has 1 aromatic heterocycles. The van der Waals surface area contributed by atoms with Crippen molar-refractivity contribution in [2.45, 2.75) is 18.8 Å². The minimum absolute atomic E-state index is 0.341. The highest BCUT2D eigenvalue weighted by atomic mass is 16.6. The summed E-state index contributed by atoms with van der Waals surface area (Å²) in [5.41, 5.74) is 0.472. The van der Waals surface area contributed by atoms with Gasteiger partial charge >= 0.3 is 5.69 Å². The summed E-state index contributed by atoms with van der Waals surface area (Å²) in [5, 5.41) is 20.0. The third-order valence-corrected chi connectivity index (χ3v) is 2.62. The highest BCUT2D eigenvalue weighted by Gasteiger charge is 2.29. The molecule has 6 nitrogen and oxygen atoms in total. The smallest absolute Gasteiger partial charge is 0.313 e. The van der Waals surface area contributed by atoms with E-state index in [1.165, 1.54) is 12.1 Å². The molecule has 0 saturated heterocycles. The van der Waals surface area contributed by atoms with Gasteiger partial charge in [0.25, 0.3) is 0 Å². The van der Waals surface area contributed by atoms with Crippen LogP contribution in [0.3, 0.4) is 0 Å². The fourth-order valence-electron chi connectivity index (χ4n) is 1.62. The van der Waals surface area contributed by atoms with Crippen molar-refractivity contribution in [2.24, 2.45) is 0 Å². The highest BCUT2D eigenvalue weighted by Crippen LogP contribution is 2.41. The van der Waals surface area contributed by atoms with Crippen LogP contribution in [0, 0.1) is 10.1 Å². The van der Waals surface area contributed by atoms with Gasteiger partial charge in [-0.1, -0.05) is 0 Å². The van der Waals surface area contributed by atoms with E-state index in [4.69, 9.17) is 4.42 Å². The third kappa shape index (κ3) is 1.30. The van der Waals surface area contributed by atoms with Gasteiger partial charge in [-0.3, -0.25) is 10.1 Å². The third-order valence-electron chi connectivity index (χ3n) is 2.62. The molecule has 0 radical (unpaired) electrons. The minimum atomic E-state index is -0.639. The summed E-state index contributed by atoms with van der Waals surface area (Å²) in [6.45, 7) is 0. The number of phenols is 1. The van der Waals surface area contributed by atoms with Gasteiger partial charge in [0.05, 0.1) is 4.92 Å². The average molecular weight is 220 g/mol. The molecule has 1 saturated carbocycles. The maximum absolute atomic E-state index is 10.6. The normalized spacial score (nSPS) is 15.5. The number of nitrogens with zero attached hydrogens (tertiary/aromatic N) is 2. The van der Waals surface area contributed by atoms with E-state index >= 15 is 0 Å². The number of fused-ring (bicyclic) bond motifs is 1. The second-order valence-corrected chi connectivity index (χ2v) is 3.89. The lowest BCUT2D eigenvalue weighted by molar-refractivity contribution is -0.385. The van der Waals surface area contributed by atoms with Crippen LogP contribution in [-0.4, -0.2) is 15.0 Å². The Labute approximate surface area is 89.7 Å². The van der Waals surface area contributed by atoms with Gasteiger partial charge in [-0.15, -0.1) is 0 Å². The Hall–Kier alpha value is -2.11. The lowest BCUT2D eigenvalue weighted by atomic mass is 10.2. The average Bonchev–Trinajstić information content (AvgIpc) is 2.98. The molecular weight excluding hydrogens is 212 g/mol. The van der Waals surface area contributed by atoms with E-state index in [1.807, 2.05) is 0 Å². The molecule has 0 atom stereocenters. The number of hydrogen-bond donors (Lipinski definition) is 1. The van der Waals surface area contributed by atoms with E-state index in [1.54, 1.807) is 0 Å². The fraction of sp³-hybridized carbons (Fsp3) is 0.300. The van der Waals surface area contributed by atoms with Crippen molar-refractivity contribution < 1.29 is 14.4 Å². The van der Waals surface area contributed by atoms with E-state index < -0.39 is 10.7 Å². The molecule has 0 amide bonds. The van der Waals surface area contributed by atoms with Crippen molar-refractivity contribution in [3.05, 3.63) is 28.1 Å². The first-order chi connectivity index (χ1) is 7.65. The van der Waals surface area contributed by atoms with Gasteiger partial charge in [0, 0.05) is 18.1 Å². The number of aromatic nitrogens is 1. The Morgan fingerprint density at radius 2 is 2.25 bits per heavy atom. The van der Waals surface area contributed by atoms with Gasteiger partial charge in [0.1, 0.15) is 5.52 Å². The van der Waals surface area contributed by atoms with Crippen LogP contribution in [0.15, 0.2) is 16.5 Å². The zero-order valence-corrected chi connectivity index (χ0v) is 8.21. The number of aromatic hydroxyl groups is 1. The standard InChI is InChI=1S/C10H8N2O4/c13-8-4-9-6(3-7(8)12(14)15)11-10(16-9)5-1-2-5/h3-5,13H,1-2H2. The Morgan fingerprint density at radius 3 is 2.88 bits per heavy atom. The van der Waals surface area contributed by atoms with Gasteiger partial charge in [-0.2, -0.15) is 0 Å². The SMILES string of the molecule is O=[N+]([O-])c1cc2nc(C3CC3)oc2cc1O. The Balaban J connectivity index is 2.19. The topological polar surface area (TPSA) is 89.4 Å². The van der Waals surface area contributed by atoms with Crippen molar-refractivity contribution in [1.82, 2.24) is 4.98 Å². The van der Waals surface area contributed by atoms with Gasteiger partial charge in [0.2, 0.25) is 0 Å². The first-order valence-electron chi connectivity index (χ1n) is 4.93. The summed E-state index contributed by atoms with van der Waals surface area (Å²) in [4.78, 5) is 14.1. The van der Waals surface area contributed by atoms with Crippen molar-refractivity contribution >= 4 is 16.8 Å². The molecule has 0 spiro atoms. The fourth-order valence-corrected chi connectivity index (χ4v) is 1.62. The molecule has 0 bridgehead atoms. The van der Waals surface area contributed by atoms with Crippen molar-refractivity contribution in [3.63, 3.8) is 0 Å². The van der Waals surface area contributed by atoms with Crippen LogP contribution in [0.4, 0.5) is 5.69 Å². The number of oxazole rings is 1. The predicted octanol–water partition coefficient (Wildman–Crippen LogP) is 2.32. The van der Waals surface area contributed by atoms with E-state index in [2.05, 4.69) is 4.98 Å². The van der Waals surface area contributed by atoms with E-state index in [0.717, 1.165) is 12.8 Å². The molecule has 1 aromatic carbocycles. The second kappa shape index (κ2) is 2.94. The number of hydrogen-bond acceptors (Lipinski definition) is 5. The van der Waals surface area contributed by atoms with Gasteiger partial charge in [-0.25, -0.2) is 4.98 Å². The first kappa shape index (κ1) is 9.14. The quantitative estimate of drug-likeness (QED) is 0.619. The second-order valence-electron chi connectivity index (χ2n) is 3.89. The maximum Gasteiger partial charge on any atom is 0.313 e. The van der Waals surface area contributed by atoms with E-state index in [9.17, 15) is 15.2 Å². The lowest BCUT2D eigenvalue weighted by Crippen LogP contribution is -1.88. The van der Waals surface area contributed by atoms with E-state index in [-0.39, 0.29) is 5.69 Å². The molecule has 82 valence electrons.